The van der Waals surface area contributed by atoms with Gasteiger partial charge < -0.3 is 10.2 Å². The average molecular weight is 375 g/mol. The Morgan fingerprint density at radius 3 is 2.48 bits per heavy atom. The van der Waals surface area contributed by atoms with Crippen LogP contribution in [0.1, 0.15) is 18.4 Å². The van der Waals surface area contributed by atoms with Crippen LogP contribution in [-0.2, 0) is 4.79 Å². The van der Waals surface area contributed by atoms with Gasteiger partial charge in [0.15, 0.2) is 0 Å². The molecule has 1 aliphatic heterocycles. The molecule has 1 atom stereocenters. The molecule has 1 aliphatic rings. The predicted molar refractivity (Wildman–Crippen MR) is 99.7 cm³/mol. The molecule has 144 valence electrons. The first-order chi connectivity index (χ1) is 12.8. The molecule has 1 N–H and O–H groups in total. The highest BCUT2D eigenvalue weighted by Gasteiger charge is 2.26. The van der Waals surface area contributed by atoms with Crippen molar-refractivity contribution in [1.29, 1.82) is 0 Å². The molecule has 8 heteroatoms. The molecule has 0 spiro atoms. The first-order valence-electron chi connectivity index (χ1n) is 8.90. The molecule has 2 heterocycles. The molecule has 6 nitrogen and oxygen atoms in total. The maximum absolute atomic E-state index is 13.7. The van der Waals surface area contributed by atoms with Gasteiger partial charge in [-0.05, 0) is 32.9 Å². The van der Waals surface area contributed by atoms with Crippen LogP contribution >= 0.6 is 0 Å². The largest absolute Gasteiger partial charge is 0.354 e. The summed E-state index contributed by atoms with van der Waals surface area (Å²) in [5, 5.41) is 2.48. The summed E-state index contributed by atoms with van der Waals surface area (Å²) < 4.78 is 27.0. The Bertz CT molecular complexity index is 817. The Hall–Kier alpha value is -2.61. The normalized spacial score (nSPS) is 16.3. The van der Waals surface area contributed by atoms with Gasteiger partial charge in [0.1, 0.15) is 23.3 Å². The average Bonchev–Trinajstić information content (AvgIpc) is 2.63. The number of anilines is 2. The third-order valence-corrected chi connectivity index (χ3v) is 4.70. The van der Waals surface area contributed by atoms with Gasteiger partial charge in [0, 0.05) is 44.0 Å². The van der Waals surface area contributed by atoms with Crippen LogP contribution in [0.2, 0.25) is 0 Å². The lowest BCUT2D eigenvalue weighted by Crippen LogP contribution is -2.53. The van der Waals surface area contributed by atoms with E-state index < -0.39 is 17.7 Å². The number of benzene rings is 1. The minimum absolute atomic E-state index is 0.141. The second kappa shape index (κ2) is 7.96. The number of aromatic nitrogens is 2. The van der Waals surface area contributed by atoms with Crippen molar-refractivity contribution >= 4 is 17.4 Å². The van der Waals surface area contributed by atoms with Crippen molar-refractivity contribution in [3.05, 3.63) is 47.4 Å². The number of rotatable bonds is 4. The zero-order valence-corrected chi connectivity index (χ0v) is 15.7. The van der Waals surface area contributed by atoms with E-state index in [1.54, 1.807) is 6.92 Å². The Balaban J connectivity index is 1.60. The van der Waals surface area contributed by atoms with Gasteiger partial charge in [0.05, 0.1) is 11.7 Å². The molecule has 0 saturated carbocycles. The molecule has 0 bridgehead atoms. The molecule has 1 unspecified atom stereocenters. The van der Waals surface area contributed by atoms with E-state index in [1.165, 1.54) is 0 Å². The van der Waals surface area contributed by atoms with E-state index in [9.17, 15) is 13.6 Å². The number of amides is 1. The topological polar surface area (TPSA) is 61.4 Å². The lowest BCUT2D eigenvalue weighted by molar-refractivity contribution is -0.120. The predicted octanol–water partition coefficient (Wildman–Crippen LogP) is 2.52. The van der Waals surface area contributed by atoms with Crippen LogP contribution < -0.4 is 10.2 Å². The van der Waals surface area contributed by atoms with Crippen molar-refractivity contribution in [2.24, 2.45) is 0 Å². The number of piperazine rings is 1. The standard InChI is InChI=1S/C19H23F2N5O/c1-12-10-18(23-14(3)22-12)26-8-6-25(7-9-26)13(2)19(27)24-17-11-15(20)4-5-16(17)21/h4-5,10-11,13H,6-9H2,1-3H3,(H,24,27). The molecule has 1 aromatic heterocycles. The van der Waals surface area contributed by atoms with Crippen molar-refractivity contribution in [2.45, 2.75) is 26.8 Å². The van der Waals surface area contributed by atoms with Crippen LogP contribution in [0.15, 0.2) is 24.3 Å². The maximum atomic E-state index is 13.7. The van der Waals surface area contributed by atoms with E-state index in [4.69, 9.17) is 0 Å². The van der Waals surface area contributed by atoms with E-state index >= 15 is 0 Å². The zero-order chi connectivity index (χ0) is 19.6. The molecule has 1 saturated heterocycles. The minimum atomic E-state index is -0.656. The van der Waals surface area contributed by atoms with Gasteiger partial charge in [-0.1, -0.05) is 0 Å². The van der Waals surface area contributed by atoms with Gasteiger partial charge in [-0.2, -0.15) is 0 Å². The summed E-state index contributed by atoms with van der Waals surface area (Å²) in [6, 6.07) is 4.50. The summed E-state index contributed by atoms with van der Waals surface area (Å²) in [7, 11) is 0. The summed E-state index contributed by atoms with van der Waals surface area (Å²) in [4.78, 5) is 25.4. The van der Waals surface area contributed by atoms with Crippen LogP contribution in [0.3, 0.4) is 0 Å². The number of nitrogens with zero attached hydrogens (tertiary/aromatic N) is 4. The Morgan fingerprint density at radius 2 is 1.81 bits per heavy atom. The number of hydrogen-bond donors (Lipinski definition) is 1. The summed E-state index contributed by atoms with van der Waals surface area (Å²) in [5.74, 6) is 0.0113. The van der Waals surface area contributed by atoms with Crippen LogP contribution in [0.4, 0.5) is 20.3 Å². The maximum Gasteiger partial charge on any atom is 0.241 e. The number of nitrogens with one attached hydrogen (secondary N) is 1. The molecule has 0 aliphatic carbocycles. The molecule has 1 fully saturated rings. The second-order valence-electron chi connectivity index (χ2n) is 6.73. The van der Waals surface area contributed by atoms with Gasteiger partial charge in [-0.15, -0.1) is 0 Å². The molecule has 1 amide bonds. The Morgan fingerprint density at radius 1 is 1.11 bits per heavy atom. The fraction of sp³-hybridized carbons (Fsp3) is 0.421. The van der Waals surface area contributed by atoms with Crippen molar-refractivity contribution in [1.82, 2.24) is 14.9 Å². The van der Waals surface area contributed by atoms with Gasteiger partial charge in [-0.3, -0.25) is 9.69 Å². The van der Waals surface area contributed by atoms with Crippen molar-refractivity contribution in [2.75, 3.05) is 36.4 Å². The fourth-order valence-corrected chi connectivity index (χ4v) is 3.19. The second-order valence-corrected chi connectivity index (χ2v) is 6.73. The molecule has 1 aromatic carbocycles. The zero-order valence-electron chi connectivity index (χ0n) is 15.7. The molecule has 2 aromatic rings. The first kappa shape index (κ1) is 19.2. The van der Waals surface area contributed by atoms with Gasteiger partial charge in [0.2, 0.25) is 5.91 Å². The fourth-order valence-electron chi connectivity index (χ4n) is 3.19. The number of hydrogen-bond acceptors (Lipinski definition) is 5. The highest BCUT2D eigenvalue weighted by Crippen LogP contribution is 2.18. The third-order valence-electron chi connectivity index (χ3n) is 4.70. The number of carbonyl (C=O) groups excluding carboxylic acids is 1. The highest BCUT2D eigenvalue weighted by molar-refractivity contribution is 5.94. The number of carbonyl (C=O) groups is 1. The summed E-state index contributed by atoms with van der Waals surface area (Å²) in [6.45, 7) is 8.35. The van der Waals surface area contributed by atoms with E-state index in [-0.39, 0.29) is 11.6 Å². The Kier molecular flexibility index (Phi) is 5.65. The van der Waals surface area contributed by atoms with Crippen LogP contribution in [0.5, 0.6) is 0 Å². The Labute approximate surface area is 157 Å². The van der Waals surface area contributed by atoms with Crippen molar-refractivity contribution < 1.29 is 13.6 Å². The minimum Gasteiger partial charge on any atom is -0.354 e. The molecule has 0 radical (unpaired) electrons. The smallest absolute Gasteiger partial charge is 0.241 e. The molecule has 27 heavy (non-hydrogen) atoms. The lowest BCUT2D eigenvalue weighted by atomic mass is 10.2. The van der Waals surface area contributed by atoms with Gasteiger partial charge in [-0.25, -0.2) is 18.7 Å². The number of aryl methyl sites for hydroxylation is 2. The third kappa shape index (κ3) is 4.57. The lowest BCUT2D eigenvalue weighted by Gasteiger charge is -2.38. The molecule has 3 rings (SSSR count). The summed E-state index contributed by atoms with van der Waals surface area (Å²) in [6.07, 6.45) is 0. The quantitative estimate of drug-likeness (QED) is 0.890. The van der Waals surface area contributed by atoms with Crippen molar-refractivity contribution in [3.8, 4) is 0 Å². The highest BCUT2D eigenvalue weighted by atomic mass is 19.1. The number of halogens is 2. The van der Waals surface area contributed by atoms with Gasteiger partial charge >= 0.3 is 0 Å². The van der Waals surface area contributed by atoms with E-state index in [0.717, 1.165) is 48.6 Å². The molecular formula is C19H23F2N5O. The SMILES string of the molecule is Cc1cc(N2CCN(C(C)C(=O)Nc3cc(F)ccc3F)CC2)nc(C)n1. The molecular weight excluding hydrogens is 352 g/mol. The van der Waals surface area contributed by atoms with Crippen LogP contribution in [0.25, 0.3) is 0 Å². The van der Waals surface area contributed by atoms with Crippen LogP contribution in [0, 0.1) is 25.5 Å². The van der Waals surface area contributed by atoms with Gasteiger partial charge in [0.25, 0.3) is 0 Å². The first-order valence-corrected chi connectivity index (χ1v) is 8.90. The van der Waals surface area contributed by atoms with E-state index in [0.29, 0.717) is 13.1 Å². The summed E-state index contributed by atoms with van der Waals surface area (Å²) in [5.41, 5.74) is 0.780. The van der Waals surface area contributed by atoms with Crippen molar-refractivity contribution in [3.63, 3.8) is 0 Å². The van der Waals surface area contributed by atoms with E-state index in [1.807, 2.05) is 24.8 Å². The monoisotopic (exact) mass is 375 g/mol. The van der Waals surface area contributed by atoms with Crippen LogP contribution in [-0.4, -0.2) is 53.0 Å². The van der Waals surface area contributed by atoms with E-state index in [2.05, 4.69) is 20.2 Å². The summed E-state index contributed by atoms with van der Waals surface area (Å²) >= 11 is 0.